The van der Waals surface area contributed by atoms with Gasteiger partial charge in [0.1, 0.15) is 11.6 Å². The molecule has 1 N–H and O–H groups in total. The zero-order valence-corrected chi connectivity index (χ0v) is 22.4. The molecular weight excluding hydrogens is 408 g/mol. The van der Waals surface area contributed by atoms with Crippen LogP contribution < -0.4 is 0 Å². The Balaban J connectivity index is 1.61. The van der Waals surface area contributed by atoms with Crippen molar-refractivity contribution in [1.82, 2.24) is 0 Å². The highest BCUT2D eigenvalue weighted by atomic mass is 16.3. The van der Waals surface area contributed by atoms with Crippen LogP contribution in [0.25, 0.3) is 0 Å². The standard InChI is InChI=1S/C30H48O3/c1-19-20(32)8-9-21-26(19,4)11-10-22-27(21,5)17-24(33)29(7)23-16-25(2,3)12-14-30(23,18-31)15-13-28(22,29)6/h19,21-23,31H,8-18H2,1-7H3/t19-,21+,22-,23-,26+,27-,28+,29+,30+/m0/s1. The van der Waals surface area contributed by atoms with E-state index in [-0.39, 0.29) is 50.9 Å². The van der Waals surface area contributed by atoms with Gasteiger partial charge in [-0.3, -0.25) is 9.59 Å². The van der Waals surface area contributed by atoms with E-state index < -0.39 is 0 Å². The van der Waals surface area contributed by atoms with Crippen molar-refractivity contribution in [2.45, 2.75) is 113 Å². The van der Waals surface area contributed by atoms with Crippen molar-refractivity contribution < 1.29 is 14.7 Å². The molecule has 5 aliphatic carbocycles. The molecule has 0 saturated heterocycles. The molecule has 186 valence electrons. The van der Waals surface area contributed by atoms with Gasteiger partial charge in [0.05, 0.1) is 0 Å². The first-order chi connectivity index (χ1) is 15.2. The highest BCUT2D eigenvalue weighted by molar-refractivity contribution is 5.88. The summed E-state index contributed by atoms with van der Waals surface area (Å²) in [5, 5.41) is 10.7. The number of rotatable bonds is 1. The molecule has 3 heteroatoms. The van der Waals surface area contributed by atoms with Crippen molar-refractivity contribution in [1.29, 1.82) is 0 Å². The van der Waals surface area contributed by atoms with Crippen molar-refractivity contribution >= 4 is 11.6 Å². The topological polar surface area (TPSA) is 54.4 Å². The Morgan fingerprint density at radius 3 is 2.15 bits per heavy atom. The Hall–Kier alpha value is -0.700. The van der Waals surface area contributed by atoms with Crippen LogP contribution in [0.4, 0.5) is 0 Å². The summed E-state index contributed by atoms with van der Waals surface area (Å²) in [6.07, 6.45) is 9.97. The highest BCUT2D eigenvalue weighted by Crippen LogP contribution is 2.77. The molecule has 0 unspecified atom stereocenters. The lowest BCUT2D eigenvalue weighted by Crippen LogP contribution is -2.71. The number of aliphatic hydroxyl groups is 1. The second kappa shape index (κ2) is 6.95. The van der Waals surface area contributed by atoms with Crippen LogP contribution in [0, 0.1) is 56.2 Å². The number of ketones is 2. The lowest BCUT2D eigenvalue weighted by molar-refractivity contribution is -0.248. The molecule has 5 saturated carbocycles. The SMILES string of the molecule is C[C@H]1C(=O)CC[C@@H]2[C@]1(C)CC[C@H]1[C@@]2(C)CC(=O)[C@@]2(C)[C@@H]3CC(C)(C)CC[C@]3(CO)CC[C@]12C. The van der Waals surface area contributed by atoms with Gasteiger partial charge in [0.15, 0.2) is 0 Å². The summed E-state index contributed by atoms with van der Waals surface area (Å²) in [5.41, 5.74) is -0.227. The first-order valence-electron chi connectivity index (χ1n) is 13.9. The summed E-state index contributed by atoms with van der Waals surface area (Å²) < 4.78 is 0. The van der Waals surface area contributed by atoms with E-state index in [1.54, 1.807) is 0 Å². The third kappa shape index (κ3) is 2.78. The largest absolute Gasteiger partial charge is 0.396 e. The van der Waals surface area contributed by atoms with Crippen LogP contribution in [-0.2, 0) is 9.59 Å². The number of carbonyl (C=O) groups excluding carboxylic acids is 2. The first kappa shape index (κ1) is 24.0. The van der Waals surface area contributed by atoms with E-state index in [0.29, 0.717) is 36.2 Å². The molecule has 5 fully saturated rings. The Labute approximate surface area is 201 Å². The molecule has 0 aliphatic heterocycles. The molecule has 33 heavy (non-hydrogen) atoms. The van der Waals surface area contributed by atoms with Crippen molar-refractivity contribution in [3.63, 3.8) is 0 Å². The molecule has 5 rings (SSSR count). The maximum atomic E-state index is 14.5. The molecule has 9 atom stereocenters. The molecule has 5 aliphatic rings. The number of aliphatic hydroxyl groups excluding tert-OH is 1. The van der Waals surface area contributed by atoms with E-state index in [9.17, 15) is 14.7 Å². The molecule has 0 bridgehead atoms. The minimum absolute atomic E-state index is 0.0172. The van der Waals surface area contributed by atoms with Crippen LogP contribution in [0.5, 0.6) is 0 Å². The smallest absolute Gasteiger partial charge is 0.140 e. The Bertz CT molecular complexity index is 876. The molecule has 0 spiro atoms. The second-order valence-electron chi connectivity index (χ2n) is 15.0. The van der Waals surface area contributed by atoms with Crippen LogP contribution in [0.15, 0.2) is 0 Å². The van der Waals surface area contributed by atoms with E-state index in [4.69, 9.17) is 0 Å². The second-order valence-corrected chi connectivity index (χ2v) is 15.0. The van der Waals surface area contributed by atoms with Crippen LogP contribution in [0.1, 0.15) is 113 Å². The third-order valence-electron chi connectivity index (χ3n) is 13.5. The average Bonchev–Trinajstić information content (AvgIpc) is 2.74. The van der Waals surface area contributed by atoms with Gasteiger partial charge in [-0.1, -0.05) is 48.5 Å². The average molecular weight is 457 g/mol. The molecule has 0 aromatic rings. The number of hydrogen-bond donors (Lipinski definition) is 1. The van der Waals surface area contributed by atoms with E-state index in [2.05, 4.69) is 48.5 Å². The van der Waals surface area contributed by atoms with Gasteiger partial charge in [-0.2, -0.15) is 0 Å². The number of carbonyl (C=O) groups is 2. The monoisotopic (exact) mass is 456 g/mol. The molecule has 0 aromatic carbocycles. The summed E-state index contributed by atoms with van der Waals surface area (Å²) in [5.74, 6) is 2.26. The minimum Gasteiger partial charge on any atom is -0.396 e. The lowest BCUT2D eigenvalue weighted by atomic mass is 9.29. The van der Waals surface area contributed by atoms with Gasteiger partial charge in [-0.15, -0.1) is 0 Å². The Morgan fingerprint density at radius 2 is 1.48 bits per heavy atom. The van der Waals surface area contributed by atoms with Gasteiger partial charge >= 0.3 is 0 Å². The van der Waals surface area contributed by atoms with E-state index in [1.807, 2.05) is 0 Å². The molecule has 0 aromatic heterocycles. The minimum atomic E-state index is -0.361. The zero-order valence-electron chi connectivity index (χ0n) is 22.4. The molecular formula is C30H48O3. The van der Waals surface area contributed by atoms with Gasteiger partial charge in [0.2, 0.25) is 0 Å². The van der Waals surface area contributed by atoms with Crippen molar-refractivity contribution in [2.24, 2.45) is 56.2 Å². The Morgan fingerprint density at radius 1 is 0.818 bits per heavy atom. The van der Waals surface area contributed by atoms with Crippen molar-refractivity contribution in [2.75, 3.05) is 6.61 Å². The molecule has 0 amide bonds. The van der Waals surface area contributed by atoms with Gasteiger partial charge in [0, 0.05) is 30.8 Å². The van der Waals surface area contributed by atoms with Gasteiger partial charge in [-0.05, 0) is 96.2 Å². The van der Waals surface area contributed by atoms with E-state index in [1.165, 1.54) is 0 Å². The van der Waals surface area contributed by atoms with Crippen LogP contribution in [0.3, 0.4) is 0 Å². The van der Waals surface area contributed by atoms with Crippen LogP contribution in [0.2, 0.25) is 0 Å². The van der Waals surface area contributed by atoms with Gasteiger partial charge in [0.25, 0.3) is 0 Å². The summed E-state index contributed by atoms with van der Waals surface area (Å²) in [4.78, 5) is 27.2. The van der Waals surface area contributed by atoms with Gasteiger partial charge < -0.3 is 5.11 Å². The molecule has 0 heterocycles. The predicted molar refractivity (Wildman–Crippen MR) is 132 cm³/mol. The molecule has 3 nitrogen and oxygen atoms in total. The van der Waals surface area contributed by atoms with Crippen LogP contribution in [-0.4, -0.2) is 23.3 Å². The van der Waals surface area contributed by atoms with E-state index >= 15 is 0 Å². The van der Waals surface area contributed by atoms with E-state index in [0.717, 1.165) is 51.4 Å². The normalized spacial score (nSPS) is 55.8. The van der Waals surface area contributed by atoms with Gasteiger partial charge in [-0.25, -0.2) is 0 Å². The maximum absolute atomic E-state index is 14.5. The quantitative estimate of drug-likeness (QED) is 0.483. The zero-order chi connectivity index (χ0) is 24.2. The van der Waals surface area contributed by atoms with Crippen molar-refractivity contribution in [3.8, 4) is 0 Å². The maximum Gasteiger partial charge on any atom is 0.140 e. The number of Topliss-reactive ketones (excluding diaryl/α,β-unsaturated/α-hetero) is 2. The predicted octanol–water partition coefficient (Wildman–Crippen LogP) is 6.61. The number of hydrogen-bond acceptors (Lipinski definition) is 3. The summed E-state index contributed by atoms with van der Waals surface area (Å²) >= 11 is 0. The first-order valence-corrected chi connectivity index (χ1v) is 13.9. The van der Waals surface area contributed by atoms with Crippen LogP contribution >= 0.6 is 0 Å². The fourth-order valence-electron chi connectivity index (χ4n) is 11.1. The fraction of sp³-hybridized carbons (Fsp3) is 0.933. The van der Waals surface area contributed by atoms with Crippen molar-refractivity contribution in [3.05, 3.63) is 0 Å². The fourth-order valence-corrected chi connectivity index (χ4v) is 11.1. The summed E-state index contributed by atoms with van der Waals surface area (Å²) in [7, 11) is 0. The highest BCUT2D eigenvalue weighted by Gasteiger charge is 2.74. The molecule has 0 radical (unpaired) electrons. The Kier molecular flexibility index (Phi) is 5.06. The third-order valence-corrected chi connectivity index (χ3v) is 13.5. The summed E-state index contributed by atoms with van der Waals surface area (Å²) in [6.45, 7) is 16.7. The lowest BCUT2D eigenvalue weighted by Gasteiger charge is -2.73. The summed E-state index contributed by atoms with van der Waals surface area (Å²) in [6, 6.07) is 0. The number of fused-ring (bicyclic) bond motifs is 7.